The zero-order valence-electron chi connectivity index (χ0n) is 11.7. The Bertz CT molecular complexity index is 471. The first-order valence-electron chi connectivity index (χ1n) is 6.51. The average Bonchev–Trinajstić information content (AvgIpc) is 2.33. The third-order valence-corrected chi connectivity index (χ3v) is 3.20. The van der Waals surface area contributed by atoms with Gasteiger partial charge < -0.3 is 10.3 Å². The Balaban J connectivity index is 2.52. The molecule has 6 heteroatoms. The van der Waals surface area contributed by atoms with Gasteiger partial charge in [0.05, 0.1) is 5.75 Å². The van der Waals surface area contributed by atoms with Crippen LogP contribution >= 0.6 is 11.8 Å². The lowest BCUT2D eigenvalue weighted by Crippen LogP contribution is -2.28. The molecule has 0 fully saturated rings. The Hall–Kier alpha value is -1.30. The molecule has 0 bridgehead atoms. The molecule has 0 saturated heterocycles. The first-order valence-corrected chi connectivity index (χ1v) is 7.49. The molecule has 0 aliphatic rings. The Morgan fingerprint density at radius 1 is 1.53 bits per heavy atom. The number of thioether (sulfide) groups is 1. The van der Waals surface area contributed by atoms with Crippen molar-refractivity contribution >= 4 is 17.7 Å². The maximum absolute atomic E-state index is 11.6. The van der Waals surface area contributed by atoms with Gasteiger partial charge in [-0.25, -0.2) is 4.98 Å². The number of aromatic amines is 1. The van der Waals surface area contributed by atoms with Gasteiger partial charge in [-0.1, -0.05) is 39.0 Å². The van der Waals surface area contributed by atoms with E-state index in [9.17, 15) is 9.59 Å². The average molecular weight is 283 g/mol. The van der Waals surface area contributed by atoms with Crippen molar-refractivity contribution in [3.8, 4) is 0 Å². The molecular weight excluding hydrogens is 262 g/mol. The van der Waals surface area contributed by atoms with E-state index in [1.54, 1.807) is 0 Å². The summed E-state index contributed by atoms with van der Waals surface area (Å²) < 4.78 is 0. The number of hydrogen-bond donors (Lipinski definition) is 2. The summed E-state index contributed by atoms with van der Waals surface area (Å²) in [6.45, 7) is 6.79. The summed E-state index contributed by atoms with van der Waals surface area (Å²) >= 11 is 1.26. The lowest BCUT2D eigenvalue weighted by molar-refractivity contribution is -0.118. The zero-order chi connectivity index (χ0) is 14.3. The molecule has 0 radical (unpaired) electrons. The standard InChI is InChI=1S/C13H21N3O2S/c1-4-5-10-6-11(17)16-13(15-10)19-8-12(18)14-7-9(2)3/h6,9H,4-5,7-8H2,1-3H3,(H,14,18)(H,15,16,17). The number of aryl methyl sites for hydroxylation is 1. The van der Waals surface area contributed by atoms with Gasteiger partial charge in [-0.05, 0) is 12.3 Å². The minimum atomic E-state index is -0.163. The maximum Gasteiger partial charge on any atom is 0.251 e. The van der Waals surface area contributed by atoms with Crippen LogP contribution in [-0.4, -0.2) is 28.2 Å². The van der Waals surface area contributed by atoms with Crippen molar-refractivity contribution in [1.29, 1.82) is 0 Å². The molecule has 0 unspecified atom stereocenters. The molecule has 19 heavy (non-hydrogen) atoms. The maximum atomic E-state index is 11.6. The number of H-pyrrole nitrogens is 1. The van der Waals surface area contributed by atoms with E-state index in [1.807, 2.05) is 20.8 Å². The van der Waals surface area contributed by atoms with E-state index >= 15 is 0 Å². The highest BCUT2D eigenvalue weighted by atomic mass is 32.2. The first-order chi connectivity index (χ1) is 9.01. The van der Waals surface area contributed by atoms with Crippen LogP contribution in [0.15, 0.2) is 16.0 Å². The lowest BCUT2D eigenvalue weighted by Gasteiger charge is -2.07. The van der Waals surface area contributed by atoms with Crippen LogP contribution in [0.1, 0.15) is 32.9 Å². The van der Waals surface area contributed by atoms with Gasteiger partial charge in [0.1, 0.15) is 0 Å². The lowest BCUT2D eigenvalue weighted by atomic mass is 10.2. The fourth-order valence-electron chi connectivity index (χ4n) is 1.44. The summed E-state index contributed by atoms with van der Waals surface area (Å²) in [5.74, 6) is 0.660. The third kappa shape index (κ3) is 6.42. The molecule has 1 aromatic rings. The second kappa shape index (κ2) is 7.99. The molecule has 0 spiro atoms. The van der Waals surface area contributed by atoms with Crippen molar-refractivity contribution in [2.24, 2.45) is 5.92 Å². The predicted molar refractivity (Wildman–Crippen MR) is 77.4 cm³/mol. The van der Waals surface area contributed by atoms with E-state index < -0.39 is 0 Å². The van der Waals surface area contributed by atoms with Gasteiger partial charge in [0.25, 0.3) is 5.56 Å². The van der Waals surface area contributed by atoms with Gasteiger partial charge in [-0.2, -0.15) is 0 Å². The highest BCUT2D eigenvalue weighted by Gasteiger charge is 2.06. The second-order valence-corrected chi connectivity index (χ2v) is 5.74. The normalized spacial score (nSPS) is 10.7. The topological polar surface area (TPSA) is 74.8 Å². The first kappa shape index (κ1) is 15.8. The van der Waals surface area contributed by atoms with Crippen molar-refractivity contribution < 1.29 is 4.79 Å². The Morgan fingerprint density at radius 2 is 2.26 bits per heavy atom. The minimum absolute atomic E-state index is 0.0396. The molecule has 0 aromatic carbocycles. The van der Waals surface area contributed by atoms with Crippen LogP contribution < -0.4 is 10.9 Å². The molecule has 0 saturated carbocycles. The number of amides is 1. The van der Waals surface area contributed by atoms with E-state index in [-0.39, 0.29) is 17.2 Å². The van der Waals surface area contributed by atoms with Crippen molar-refractivity contribution in [3.05, 3.63) is 22.1 Å². The molecule has 2 N–H and O–H groups in total. The van der Waals surface area contributed by atoms with Gasteiger partial charge >= 0.3 is 0 Å². The van der Waals surface area contributed by atoms with Gasteiger partial charge in [0, 0.05) is 18.3 Å². The van der Waals surface area contributed by atoms with Gasteiger partial charge in [0.2, 0.25) is 5.91 Å². The molecule has 1 rings (SSSR count). The number of carbonyl (C=O) groups is 1. The summed E-state index contributed by atoms with van der Waals surface area (Å²) in [6, 6.07) is 1.51. The van der Waals surface area contributed by atoms with Gasteiger partial charge in [-0.15, -0.1) is 0 Å². The quantitative estimate of drug-likeness (QED) is 0.588. The van der Waals surface area contributed by atoms with Crippen molar-refractivity contribution in [3.63, 3.8) is 0 Å². The molecular formula is C13H21N3O2S. The molecule has 1 heterocycles. The largest absolute Gasteiger partial charge is 0.355 e. The number of aromatic nitrogens is 2. The van der Waals surface area contributed by atoms with Crippen LogP contribution in [0.4, 0.5) is 0 Å². The van der Waals surface area contributed by atoms with Crippen molar-refractivity contribution in [1.82, 2.24) is 15.3 Å². The molecule has 0 atom stereocenters. The summed E-state index contributed by atoms with van der Waals surface area (Å²) in [5.41, 5.74) is 0.611. The second-order valence-electron chi connectivity index (χ2n) is 4.78. The summed E-state index contributed by atoms with van der Waals surface area (Å²) in [4.78, 5) is 30.0. The van der Waals surface area contributed by atoms with Crippen molar-refractivity contribution in [2.45, 2.75) is 38.8 Å². The molecule has 5 nitrogen and oxygen atoms in total. The van der Waals surface area contributed by atoms with Crippen LogP contribution in [0.5, 0.6) is 0 Å². The highest BCUT2D eigenvalue weighted by Crippen LogP contribution is 2.11. The van der Waals surface area contributed by atoms with E-state index in [2.05, 4.69) is 15.3 Å². The number of carbonyl (C=O) groups excluding carboxylic acids is 1. The van der Waals surface area contributed by atoms with E-state index in [0.29, 0.717) is 17.6 Å². The molecule has 106 valence electrons. The Kier molecular flexibility index (Phi) is 6.62. The van der Waals surface area contributed by atoms with Gasteiger partial charge in [0.15, 0.2) is 5.16 Å². The van der Waals surface area contributed by atoms with Crippen LogP contribution in [-0.2, 0) is 11.2 Å². The SMILES string of the molecule is CCCc1cc(=O)[nH]c(SCC(=O)NCC(C)C)n1. The van der Waals surface area contributed by atoms with Crippen LogP contribution in [0.3, 0.4) is 0 Å². The Morgan fingerprint density at radius 3 is 2.89 bits per heavy atom. The van der Waals surface area contributed by atoms with Crippen LogP contribution in [0.25, 0.3) is 0 Å². The summed E-state index contributed by atoms with van der Waals surface area (Å²) in [7, 11) is 0. The van der Waals surface area contributed by atoms with Crippen molar-refractivity contribution in [2.75, 3.05) is 12.3 Å². The third-order valence-electron chi connectivity index (χ3n) is 2.33. The van der Waals surface area contributed by atoms with E-state index in [1.165, 1.54) is 17.8 Å². The number of nitrogens with one attached hydrogen (secondary N) is 2. The summed E-state index contributed by atoms with van der Waals surface area (Å²) in [6.07, 6.45) is 1.71. The summed E-state index contributed by atoms with van der Waals surface area (Å²) in [5, 5.41) is 3.34. The monoisotopic (exact) mass is 283 g/mol. The van der Waals surface area contributed by atoms with Gasteiger partial charge in [-0.3, -0.25) is 9.59 Å². The molecule has 1 aromatic heterocycles. The molecule has 0 aliphatic carbocycles. The van der Waals surface area contributed by atoms with E-state index in [4.69, 9.17) is 0 Å². The molecule has 0 aliphatic heterocycles. The zero-order valence-corrected chi connectivity index (χ0v) is 12.5. The number of rotatable bonds is 7. The smallest absolute Gasteiger partial charge is 0.251 e. The molecule has 1 amide bonds. The minimum Gasteiger partial charge on any atom is -0.355 e. The number of hydrogen-bond acceptors (Lipinski definition) is 4. The fraction of sp³-hybridized carbons (Fsp3) is 0.615. The highest BCUT2D eigenvalue weighted by molar-refractivity contribution is 7.99. The fourth-order valence-corrected chi connectivity index (χ4v) is 2.16. The van der Waals surface area contributed by atoms with Crippen LogP contribution in [0, 0.1) is 5.92 Å². The Labute approximate surface area is 117 Å². The van der Waals surface area contributed by atoms with E-state index in [0.717, 1.165) is 18.5 Å². The predicted octanol–water partition coefficient (Wildman–Crippen LogP) is 1.59. The van der Waals surface area contributed by atoms with Crippen LogP contribution in [0.2, 0.25) is 0 Å². The number of nitrogens with zero attached hydrogens (tertiary/aromatic N) is 1.